The van der Waals surface area contributed by atoms with Crippen molar-refractivity contribution in [3.8, 4) is 5.75 Å². The van der Waals surface area contributed by atoms with Crippen molar-refractivity contribution < 1.29 is 17.9 Å². The SMILES string of the molecule is CCOc1ccc(NC(=O)CN(C)Cc2csc(CC)n2)cc1S(=O)(=O)N(CC)CC. The Hall–Kier alpha value is -2.01. The summed E-state index contributed by atoms with van der Waals surface area (Å²) in [6, 6.07) is 4.70. The quantitative estimate of drug-likeness (QED) is 0.514. The number of aryl methyl sites for hydroxylation is 1. The number of hydrogen-bond acceptors (Lipinski definition) is 7. The number of ether oxygens (including phenoxy) is 1. The monoisotopic (exact) mass is 468 g/mol. The number of hydrogen-bond donors (Lipinski definition) is 1. The lowest BCUT2D eigenvalue weighted by atomic mass is 10.3. The topological polar surface area (TPSA) is 91.8 Å². The summed E-state index contributed by atoms with van der Waals surface area (Å²) in [5.74, 6) is 0.0450. The van der Waals surface area contributed by atoms with E-state index in [0.717, 1.165) is 17.1 Å². The number of sulfonamides is 1. The number of carbonyl (C=O) groups is 1. The van der Waals surface area contributed by atoms with Crippen LogP contribution in [0.3, 0.4) is 0 Å². The first-order valence-corrected chi connectivity index (χ1v) is 12.8. The lowest BCUT2D eigenvalue weighted by Crippen LogP contribution is -2.31. The molecule has 0 saturated heterocycles. The minimum atomic E-state index is -3.74. The number of benzene rings is 1. The van der Waals surface area contributed by atoms with E-state index in [9.17, 15) is 13.2 Å². The average Bonchev–Trinajstić information content (AvgIpc) is 3.17. The Morgan fingerprint density at radius 1 is 1.19 bits per heavy atom. The number of thiazole rings is 1. The van der Waals surface area contributed by atoms with E-state index in [0.29, 0.717) is 31.9 Å². The Bertz CT molecular complexity index is 972. The molecule has 2 aromatic rings. The third kappa shape index (κ3) is 6.73. The Labute approximate surface area is 189 Å². The normalized spacial score (nSPS) is 11.8. The Kier molecular flexibility index (Phi) is 9.42. The fourth-order valence-electron chi connectivity index (χ4n) is 3.13. The number of nitrogens with one attached hydrogen (secondary N) is 1. The second-order valence-corrected chi connectivity index (χ2v) is 9.84. The van der Waals surface area contributed by atoms with Crippen molar-refractivity contribution in [2.75, 3.05) is 38.6 Å². The highest BCUT2D eigenvalue weighted by molar-refractivity contribution is 7.89. The number of aromatic nitrogens is 1. The van der Waals surface area contributed by atoms with Crippen LogP contribution in [-0.4, -0.2) is 61.8 Å². The van der Waals surface area contributed by atoms with Crippen molar-refractivity contribution in [3.63, 3.8) is 0 Å². The molecule has 0 aliphatic carbocycles. The number of anilines is 1. The smallest absolute Gasteiger partial charge is 0.246 e. The van der Waals surface area contributed by atoms with Crippen molar-refractivity contribution in [3.05, 3.63) is 34.3 Å². The number of carbonyl (C=O) groups excluding carboxylic acids is 1. The Balaban J connectivity index is 2.14. The molecule has 0 aliphatic heterocycles. The summed E-state index contributed by atoms with van der Waals surface area (Å²) in [6.07, 6.45) is 0.894. The summed E-state index contributed by atoms with van der Waals surface area (Å²) < 4.78 is 33.0. The van der Waals surface area contributed by atoms with Gasteiger partial charge in [-0.15, -0.1) is 11.3 Å². The van der Waals surface area contributed by atoms with Crippen molar-refractivity contribution in [2.24, 2.45) is 0 Å². The first-order valence-electron chi connectivity index (χ1n) is 10.4. The molecule has 1 aromatic heterocycles. The van der Waals surface area contributed by atoms with Gasteiger partial charge in [-0.3, -0.25) is 9.69 Å². The zero-order valence-corrected chi connectivity index (χ0v) is 20.5. The molecule has 0 spiro atoms. The van der Waals surface area contributed by atoms with Crippen LogP contribution in [-0.2, 0) is 27.8 Å². The first kappa shape index (κ1) is 25.3. The van der Waals surface area contributed by atoms with E-state index < -0.39 is 10.0 Å². The summed E-state index contributed by atoms with van der Waals surface area (Å²) in [6.45, 7) is 9.19. The lowest BCUT2D eigenvalue weighted by Gasteiger charge is -2.21. The van der Waals surface area contributed by atoms with Crippen molar-refractivity contribution in [2.45, 2.75) is 45.6 Å². The van der Waals surface area contributed by atoms with E-state index in [1.807, 2.05) is 17.3 Å². The van der Waals surface area contributed by atoms with Gasteiger partial charge in [0.15, 0.2) is 0 Å². The zero-order valence-electron chi connectivity index (χ0n) is 18.8. The van der Waals surface area contributed by atoms with E-state index in [2.05, 4.69) is 17.2 Å². The summed E-state index contributed by atoms with van der Waals surface area (Å²) in [7, 11) is -1.89. The van der Waals surface area contributed by atoms with Gasteiger partial charge in [0.25, 0.3) is 0 Å². The molecule has 0 aliphatic rings. The van der Waals surface area contributed by atoms with Crippen LogP contribution in [0, 0.1) is 0 Å². The molecule has 1 N–H and O–H groups in total. The fourth-order valence-corrected chi connectivity index (χ4v) is 5.48. The van der Waals surface area contributed by atoms with E-state index >= 15 is 0 Å². The van der Waals surface area contributed by atoms with E-state index in [-0.39, 0.29) is 23.1 Å². The Morgan fingerprint density at radius 3 is 2.48 bits per heavy atom. The van der Waals surface area contributed by atoms with Gasteiger partial charge >= 0.3 is 0 Å². The molecule has 0 radical (unpaired) electrons. The molecule has 10 heteroatoms. The molecular weight excluding hydrogens is 436 g/mol. The van der Waals surface area contributed by atoms with Gasteiger partial charge in [0, 0.05) is 30.7 Å². The van der Waals surface area contributed by atoms with E-state index in [1.165, 1.54) is 10.4 Å². The Morgan fingerprint density at radius 2 is 1.90 bits per heavy atom. The highest BCUT2D eigenvalue weighted by Crippen LogP contribution is 2.30. The molecule has 0 atom stereocenters. The van der Waals surface area contributed by atoms with Crippen LogP contribution in [0.1, 0.15) is 38.4 Å². The van der Waals surface area contributed by atoms with Gasteiger partial charge < -0.3 is 10.1 Å². The third-order valence-corrected chi connectivity index (χ3v) is 7.71. The molecule has 31 heavy (non-hydrogen) atoms. The van der Waals surface area contributed by atoms with Crippen LogP contribution in [0.5, 0.6) is 5.75 Å². The predicted octanol–water partition coefficient (Wildman–Crippen LogP) is 3.21. The average molecular weight is 469 g/mol. The largest absolute Gasteiger partial charge is 0.492 e. The molecule has 0 saturated carbocycles. The molecule has 0 unspecified atom stereocenters. The van der Waals surface area contributed by atoms with E-state index in [1.54, 1.807) is 44.2 Å². The predicted molar refractivity (Wildman–Crippen MR) is 124 cm³/mol. The molecule has 1 amide bonds. The van der Waals surface area contributed by atoms with Crippen LogP contribution in [0.4, 0.5) is 5.69 Å². The highest BCUT2D eigenvalue weighted by Gasteiger charge is 2.26. The maximum atomic E-state index is 13.1. The van der Waals surface area contributed by atoms with Gasteiger partial charge in [-0.25, -0.2) is 13.4 Å². The van der Waals surface area contributed by atoms with Crippen molar-refractivity contribution in [1.82, 2.24) is 14.2 Å². The molecule has 172 valence electrons. The van der Waals surface area contributed by atoms with Gasteiger partial charge in [-0.1, -0.05) is 20.8 Å². The van der Waals surface area contributed by atoms with Gasteiger partial charge in [0.1, 0.15) is 10.6 Å². The minimum Gasteiger partial charge on any atom is -0.492 e. The summed E-state index contributed by atoms with van der Waals surface area (Å²) in [4.78, 5) is 19.0. The van der Waals surface area contributed by atoms with Crippen LogP contribution >= 0.6 is 11.3 Å². The number of likely N-dealkylation sites (N-methyl/N-ethyl adjacent to an activating group) is 1. The number of amides is 1. The third-order valence-electron chi connectivity index (χ3n) is 4.60. The maximum absolute atomic E-state index is 13.1. The minimum absolute atomic E-state index is 0.0544. The van der Waals surface area contributed by atoms with Gasteiger partial charge in [-0.05, 0) is 38.6 Å². The molecule has 1 aromatic carbocycles. The van der Waals surface area contributed by atoms with Gasteiger partial charge in [0.05, 0.1) is 23.9 Å². The van der Waals surface area contributed by atoms with E-state index in [4.69, 9.17) is 4.74 Å². The zero-order chi connectivity index (χ0) is 23.0. The molecule has 1 heterocycles. The molecule has 0 bridgehead atoms. The van der Waals surface area contributed by atoms with Gasteiger partial charge in [-0.2, -0.15) is 4.31 Å². The molecule has 2 rings (SSSR count). The fraction of sp³-hybridized carbons (Fsp3) is 0.524. The summed E-state index contributed by atoms with van der Waals surface area (Å²) in [5.41, 5.74) is 1.35. The maximum Gasteiger partial charge on any atom is 0.246 e. The second-order valence-electron chi connectivity index (χ2n) is 6.99. The lowest BCUT2D eigenvalue weighted by molar-refractivity contribution is -0.117. The highest BCUT2D eigenvalue weighted by atomic mass is 32.2. The second kappa shape index (κ2) is 11.6. The standard InChI is InChI=1S/C21H32N4O4S2/c1-6-21-23-17(15-30-21)13-24(5)14-20(26)22-16-10-11-18(29-9-4)19(12-16)31(27,28)25(7-2)8-3/h10-12,15H,6-9,13-14H2,1-5H3,(H,22,26). The van der Waals surface area contributed by atoms with Crippen LogP contribution < -0.4 is 10.1 Å². The summed E-state index contributed by atoms with van der Waals surface area (Å²) >= 11 is 1.62. The van der Waals surface area contributed by atoms with Gasteiger partial charge in [0.2, 0.25) is 15.9 Å². The first-order chi connectivity index (χ1) is 14.7. The number of nitrogens with zero attached hydrogens (tertiary/aromatic N) is 3. The molecule has 0 fully saturated rings. The van der Waals surface area contributed by atoms with Crippen molar-refractivity contribution >= 4 is 33.0 Å². The summed E-state index contributed by atoms with van der Waals surface area (Å²) in [5, 5.41) is 5.87. The number of rotatable bonds is 12. The van der Waals surface area contributed by atoms with Crippen molar-refractivity contribution in [1.29, 1.82) is 0 Å². The molecular formula is C21H32N4O4S2. The van der Waals surface area contributed by atoms with Crippen LogP contribution in [0.2, 0.25) is 0 Å². The van der Waals surface area contributed by atoms with Crippen LogP contribution in [0.25, 0.3) is 0 Å². The van der Waals surface area contributed by atoms with Crippen LogP contribution in [0.15, 0.2) is 28.5 Å². The molecule has 8 nitrogen and oxygen atoms in total.